The molecule has 4 atom stereocenters. The topological polar surface area (TPSA) is 41.5 Å². The van der Waals surface area contributed by atoms with Gasteiger partial charge in [-0.25, -0.2) is 0 Å². The quantitative estimate of drug-likeness (QED) is 0.855. The molecule has 0 spiro atoms. The molecule has 2 aliphatic rings. The first-order valence-electron chi connectivity index (χ1n) is 7.31. The van der Waals surface area contributed by atoms with Crippen molar-refractivity contribution >= 4 is 0 Å². The molecule has 2 saturated carbocycles. The van der Waals surface area contributed by atoms with Gasteiger partial charge in [0.25, 0.3) is 0 Å². The van der Waals surface area contributed by atoms with Crippen molar-refractivity contribution < 1.29 is 9.84 Å². The van der Waals surface area contributed by atoms with Gasteiger partial charge in [-0.05, 0) is 48.8 Å². The molecule has 104 valence electrons. The van der Waals surface area contributed by atoms with Crippen molar-refractivity contribution in [1.82, 2.24) is 5.32 Å². The van der Waals surface area contributed by atoms with Crippen LogP contribution in [0.1, 0.15) is 37.4 Å². The maximum absolute atomic E-state index is 10.2. The largest absolute Gasteiger partial charge is 0.497 e. The number of aliphatic hydroxyl groups is 1. The molecule has 0 saturated heterocycles. The highest BCUT2D eigenvalue weighted by molar-refractivity contribution is 5.28. The lowest BCUT2D eigenvalue weighted by atomic mass is 9.95. The zero-order chi connectivity index (χ0) is 13.2. The van der Waals surface area contributed by atoms with Crippen molar-refractivity contribution in [3.05, 3.63) is 29.8 Å². The van der Waals surface area contributed by atoms with Crippen molar-refractivity contribution in [2.75, 3.05) is 13.7 Å². The highest BCUT2D eigenvalue weighted by Crippen LogP contribution is 2.44. The van der Waals surface area contributed by atoms with E-state index in [0.29, 0.717) is 12.6 Å². The Kier molecular flexibility index (Phi) is 3.76. The molecule has 3 nitrogen and oxygen atoms in total. The minimum absolute atomic E-state index is 0.426. The molecule has 1 aromatic carbocycles. The van der Waals surface area contributed by atoms with E-state index in [2.05, 4.69) is 5.32 Å². The summed E-state index contributed by atoms with van der Waals surface area (Å²) in [6.45, 7) is 0.653. The molecular formula is C16H23NO2. The van der Waals surface area contributed by atoms with Crippen molar-refractivity contribution in [2.45, 2.75) is 37.8 Å². The van der Waals surface area contributed by atoms with Crippen LogP contribution in [0.25, 0.3) is 0 Å². The third-order valence-corrected chi connectivity index (χ3v) is 4.81. The van der Waals surface area contributed by atoms with E-state index in [0.717, 1.165) is 23.1 Å². The van der Waals surface area contributed by atoms with E-state index in [4.69, 9.17) is 4.74 Å². The predicted octanol–water partition coefficient (Wildman–Crippen LogP) is 2.51. The smallest absolute Gasteiger partial charge is 0.118 e. The molecule has 0 radical (unpaired) electrons. The second-order valence-corrected chi connectivity index (χ2v) is 5.98. The van der Waals surface area contributed by atoms with Gasteiger partial charge in [-0.2, -0.15) is 0 Å². The van der Waals surface area contributed by atoms with Gasteiger partial charge in [0.15, 0.2) is 0 Å². The fraction of sp³-hybridized carbons (Fsp3) is 0.625. The lowest BCUT2D eigenvalue weighted by molar-refractivity contribution is 0.163. The molecule has 2 fully saturated rings. The summed E-state index contributed by atoms with van der Waals surface area (Å²) < 4.78 is 5.13. The Morgan fingerprint density at radius 1 is 1.26 bits per heavy atom. The highest BCUT2D eigenvalue weighted by atomic mass is 16.5. The lowest BCUT2D eigenvalue weighted by Crippen LogP contribution is -2.36. The van der Waals surface area contributed by atoms with Gasteiger partial charge >= 0.3 is 0 Å². The van der Waals surface area contributed by atoms with Crippen LogP contribution in [-0.2, 0) is 0 Å². The average molecular weight is 261 g/mol. The molecule has 1 aromatic rings. The second-order valence-electron chi connectivity index (χ2n) is 5.98. The van der Waals surface area contributed by atoms with Crippen molar-refractivity contribution in [3.63, 3.8) is 0 Å². The van der Waals surface area contributed by atoms with Crippen LogP contribution in [0, 0.1) is 11.8 Å². The van der Waals surface area contributed by atoms with Crippen LogP contribution in [-0.4, -0.2) is 24.8 Å². The van der Waals surface area contributed by atoms with Gasteiger partial charge in [0.2, 0.25) is 0 Å². The standard InChI is InChI=1S/C16H23NO2/c1-19-14-6-4-12(5-7-14)16(18)10-17-15-9-11-2-3-13(15)8-11/h4-7,11,13,15-18H,2-3,8-10H2,1H3/t11-,13-,15+,16+/m0/s1. The number of benzene rings is 1. The Labute approximate surface area is 115 Å². The number of aliphatic hydroxyl groups excluding tert-OH is 1. The average Bonchev–Trinajstić information content (AvgIpc) is 3.07. The molecule has 0 aromatic heterocycles. The molecule has 2 aliphatic carbocycles. The molecule has 2 N–H and O–H groups in total. The van der Waals surface area contributed by atoms with Gasteiger partial charge < -0.3 is 15.2 Å². The third-order valence-electron chi connectivity index (χ3n) is 4.81. The molecule has 0 aliphatic heterocycles. The Hall–Kier alpha value is -1.06. The maximum Gasteiger partial charge on any atom is 0.118 e. The third kappa shape index (κ3) is 2.77. The predicted molar refractivity (Wildman–Crippen MR) is 75.2 cm³/mol. The molecule has 0 heterocycles. The van der Waals surface area contributed by atoms with E-state index in [1.165, 1.54) is 25.7 Å². The zero-order valence-corrected chi connectivity index (χ0v) is 11.5. The van der Waals surface area contributed by atoms with Crippen molar-refractivity contribution in [1.29, 1.82) is 0 Å². The summed E-state index contributed by atoms with van der Waals surface area (Å²) in [5.74, 6) is 2.63. The summed E-state index contributed by atoms with van der Waals surface area (Å²) in [5, 5.41) is 13.8. The maximum atomic E-state index is 10.2. The zero-order valence-electron chi connectivity index (χ0n) is 11.5. The van der Waals surface area contributed by atoms with Gasteiger partial charge in [0.1, 0.15) is 5.75 Å². The van der Waals surface area contributed by atoms with E-state index in [1.54, 1.807) is 7.11 Å². The summed E-state index contributed by atoms with van der Waals surface area (Å²) in [7, 11) is 1.65. The second kappa shape index (κ2) is 5.51. The van der Waals surface area contributed by atoms with Gasteiger partial charge in [-0.3, -0.25) is 0 Å². The normalized spacial score (nSPS) is 30.5. The molecule has 0 unspecified atom stereocenters. The lowest BCUT2D eigenvalue weighted by Gasteiger charge is -2.24. The number of methoxy groups -OCH3 is 1. The molecule has 0 amide bonds. The Morgan fingerprint density at radius 3 is 2.63 bits per heavy atom. The summed E-state index contributed by atoms with van der Waals surface area (Å²) in [6, 6.07) is 8.30. The summed E-state index contributed by atoms with van der Waals surface area (Å²) in [4.78, 5) is 0. The first-order chi connectivity index (χ1) is 9.26. The Bertz CT molecular complexity index is 417. The van der Waals surface area contributed by atoms with Crippen LogP contribution in [0.3, 0.4) is 0 Å². The Morgan fingerprint density at radius 2 is 2.05 bits per heavy atom. The van der Waals surface area contributed by atoms with E-state index in [1.807, 2.05) is 24.3 Å². The number of ether oxygens (including phenoxy) is 1. The van der Waals surface area contributed by atoms with Gasteiger partial charge in [-0.1, -0.05) is 18.6 Å². The van der Waals surface area contributed by atoms with E-state index in [9.17, 15) is 5.11 Å². The number of rotatable bonds is 5. The first kappa shape index (κ1) is 12.9. The van der Waals surface area contributed by atoms with Crippen LogP contribution < -0.4 is 10.1 Å². The van der Waals surface area contributed by atoms with E-state index in [-0.39, 0.29) is 0 Å². The van der Waals surface area contributed by atoms with Gasteiger partial charge in [0.05, 0.1) is 13.2 Å². The monoisotopic (exact) mass is 261 g/mol. The van der Waals surface area contributed by atoms with Crippen LogP contribution in [0.2, 0.25) is 0 Å². The number of nitrogens with one attached hydrogen (secondary N) is 1. The molecule has 19 heavy (non-hydrogen) atoms. The minimum atomic E-state index is -0.426. The summed E-state index contributed by atoms with van der Waals surface area (Å²) in [5.41, 5.74) is 0.955. The number of hydrogen-bond donors (Lipinski definition) is 2. The number of hydrogen-bond acceptors (Lipinski definition) is 3. The molecule has 2 bridgehead atoms. The van der Waals surface area contributed by atoms with Crippen molar-refractivity contribution in [2.24, 2.45) is 11.8 Å². The van der Waals surface area contributed by atoms with Crippen LogP contribution in [0.15, 0.2) is 24.3 Å². The van der Waals surface area contributed by atoms with Crippen molar-refractivity contribution in [3.8, 4) is 5.75 Å². The van der Waals surface area contributed by atoms with E-state index < -0.39 is 6.10 Å². The summed E-state index contributed by atoms with van der Waals surface area (Å²) >= 11 is 0. The number of fused-ring (bicyclic) bond motifs is 2. The van der Waals surface area contributed by atoms with Gasteiger partial charge in [0, 0.05) is 12.6 Å². The Balaban J connectivity index is 1.51. The minimum Gasteiger partial charge on any atom is -0.497 e. The van der Waals surface area contributed by atoms with Crippen LogP contribution >= 0.6 is 0 Å². The van der Waals surface area contributed by atoms with E-state index >= 15 is 0 Å². The highest BCUT2D eigenvalue weighted by Gasteiger charge is 2.39. The van der Waals surface area contributed by atoms with Gasteiger partial charge in [-0.15, -0.1) is 0 Å². The SMILES string of the molecule is COc1ccc([C@H](O)CN[C@@H]2C[C@H]3CC[C@H]2C3)cc1. The fourth-order valence-corrected chi connectivity index (χ4v) is 3.70. The van der Waals surface area contributed by atoms with Crippen LogP contribution in [0.4, 0.5) is 0 Å². The summed E-state index contributed by atoms with van der Waals surface area (Å²) in [6.07, 6.45) is 5.08. The first-order valence-corrected chi connectivity index (χ1v) is 7.31. The fourth-order valence-electron chi connectivity index (χ4n) is 3.70. The molecular weight excluding hydrogens is 238 g/mol. The molecule has 3 rings (SSSR count). The van der Waals surface area contributed by atoms with Crippen LogP contribution in [0.5, 0.6) is 5.75 Å². The molecule has 3 heteroatoms.